The Morgan fingerprint density at radius 2 is 1.76 bits per heavy atom. The molecule has 0 saturated carbocycles. The molecule has 38 heavy (non-hydrogen) atoms. The fourth-order valence-corrected chi connectivity index (χ4v) is 4.97. The molecule has 0 spiro atoms. The van der Waals surface area contributed by atoms with Gasteiger partial charge in [-0.05, 0) is 66.9 Å². The van der Waals surface area contributed by atoms with Crippen molar-refractivity contribution in [1.29, 1.82) is 0 Å². The smallest absolute Gasteiger partial charge is 0.410 e. The number of pyridine rings is 1. The van der Waals surface area contributed by atoms with Crippen molar-refractivity contribution in [3.05, 3.63) is 29.8 Å². The Morgan fingerprint density at radius 1 is 1.03 bits per heavy atom. The number of carbonyl (C=O) groups excluding carboxylic acids is 2. The molecule has 4 heterocycles. The van der Waals surface area contributed by atoms with Crippen molar-refractivity contribution >= 4 is 29.5 Å². The summed E-state index contributed by atoms with van der Waals surface area (Å²) in [5.74, 6) is 0. The van der Waals surface area contributed by atoms with Crippen LogP contribution in [0.1, 0.15) is 66.8 Å². The number of ether oxygens (including phenoxy) is 2. The Labute approximate surface area is 229 Å². The number of hydrogen-bond acceptors (Lipinski definition) is 7. The van der Waals surface area contributed by atoms with Crippen LogP contribution in [0.25, 0.3) is 11.1 Å². The van der Waals surface area contributed by atoms with Crippen molar-refractivity contribution in [1.82, 2.24) is 25.0 Å². The summed E-state index contributed by atoms with van der Waals surface area (Å²) in [7, 11) is 0. The topological polar surface area (TPSA) is 102 Å². The van der Waals surface area contributed by atoms with Gasteiger partial charge in [-0.25, -0.2) is 14.6 Å². The van der Waals surface area contributed by atoms with Crippen LogP contribution in [0.3, 0.4) is 0 Å². The summed E-state index contributed by atoms with van der Waals surface area (Å²) in [5.41, 5.74) is 1.71. The van der Waals surface area contributed by atoms with Crippen molar-refractivity contribution in [3.8, 4) is 11.1 Å². The number of amides is 2. The normalized spacial score (nSPS) is 20.4. The highest BCUT2D eigenvalue weighted by atomic mass is 35.5. The second kappa shape index (κ2) is 11.0. The number of carbonyl (C=O) groups is 2. The molecule has 2 amide bonds. The van der Waals surface area contributed by atoms with E-state index in [9.17, 15) is 9.59 Å². The molecular formula is C27H39ClN6O4. The lowest BCUT2D eigenvalue weighted by Crippen LogP contribution is -2.49. The van der Waals surface area contributed by atoms with Crippen molar-refractivity contribution in [3.63, 3.8) is 0 Å². The zero-order valence-electron chi connectivity index (χ0n) is 23.2. The number of piperidine rings is 1. The number of likely N-dealkylation sites (tertiary alicyclic amines) is 1. The number of nitrogens with one attached hydrogen (secondary N) is 1. The van der Waals surface area contributed by atoms with Gasteiger partial charge in [-0.2, -0.15) is 5.10 Å². The van der Waals surface area contributed by atoms with Crippen LogP contribution in [0, 0.1) is 0 Å². The number of anilines is 1. The van der Waals surface area contributed by atoms with E-state index in [1.165, 1.54) is 0 Å². The molecular weight excluding hydrogens is 508 g/mol. The average Bonchev–Trinajstić information content (AvgIpc) is 3.47. The minimum Gasteiger partial charge on any atom is -0.444 e. The van der Waals surface area contributed by atoms with E-state index in [0.29, 0.717) is 24.8 Å². The first-order valence-corrected chi connectivity index (χ1v) is 13.6. The van der Waals surface area contributed by atoms with Gasteiger partial charge >= 0.3 is 12.2 Å². The molecule has 0 aromatic carbocycles. The van der Waals surface area contributed by atoms with E-state index in [1.54, 1.807) is 11.1 Å². The quantitative estimate of drug-likeness (QED) is 0.521. The fourth-order valence-electron chi connectivity index (χ4n) is 4.82. The average molecular weight is 547 g/mol. The number of halogens is 1. The predicted molar refractivity (Wildman–Crippen MR) is 147 cm³/mol. The molecule has 2 atom stereocenters. The van der Waals surface area contributed by atoms with Gasteiger partial charge in [-0.3, -0.25) is 4.68 Å². The van der Waals surface area contributed by atoms with E-state index in [2.05, 4.69) is 20.3 Å². The second-order valence-corrected chi connectivity index (χ2v) is 12.4. The van der Waals surface area contributed by atoms with Gasteiger partial charge in [-0.15, -0.1) is 0 Å². The Bertz CT molecular complexity index is 1160. The largest absolute Gasteiger partial charge is 0.444 e. The van der Waals surface area contributed by atoms with Crippen molar-refractivity contribution in [2.45, 2.75) is 84.1 Å². The van der Waals surface area contributed by atoms with E-state index >= 15 is 0 Å². The fraction of sp³-hybridized carbons (Fsp3) is 0.630. The summed E-state index contributed by atoms with van der Waals surface area (Å²) in [6.07, 6.45) is 7.48. The standard InChI is InChI=1S/C27H39ClN6O4/c1-26(2,3)37-24(35)31-19-8-7-10-32(16-19)22-12-23(28)29-14-21(22)18-13-30-34(15-18)20-9-11-33(17-20)25(36)38-27(4,5)6/h12-15,19-20H,7-11,16-17H2,1-6H3,(H,31,35)/t19-,20-/m0/s1. The number of rotatable bonds is 4. The summed E-state index contributed by atoms with van der Waals surface area (Å²) in [5, 5.41) is 8.04. The Kier molecular flexibility index (Phi) is 8.11. The molecule has 0 unspecified atom stereocenters. The zero-order valence-corrected chi connectivity index (χ0v) is 23.9. The summed E-state index contributed by atoms with van der Waals surface area (Å²) >= 11 is 6.32. The number of alkyl carbamates (subject to hydrolysis) is 1. The monoisotopic (exact) mass is 546 g/mol. The van der Waals surface area contributed by atoms with Crippen molar-refractivity contribution in [2.75, 3.05) is 31.1 Å². The third kappa shape index (κ3) is 7.30. The summed E-state index contributed by atoms with van der Waals surface area (Å²) in [6, 6.07) is 1.89. The van der Waals surface area contributed by atoms with Crippen molar-refractivity contribution in [2.24, 2.45) is 0 Å². The van der Waals surface area contributed by atoms with Gasteiger partial charge in [0.1, 0.15) is 16.4 Å². The third-order valence-corrected chi connectivity index (χ3v) is 6.64. The highest BCUT2D eigenvalue weighted by molar-refractivity contribution is 6.29. The highest BCUT2D eigenvalue weighted by Crippen LogP contribution is 2.35. The van der Waals surface area contributed by atoms with Gasteiger partial charge in [0, 0.05) is 61.4 Å². The Balaban J connectivity index is 1.47. The van der Waals surface area contributed by atoms with Crippen LogP contribution in [-0.4, -0.2) is 75.3 Å². The molecule has 208 valence electrons. The first-order chi connectivity index (χ1) is 17.8. The zero-order chi connectivity index (χ0) is 27.7. The molecule has 0 bridgehead atoms. The van der Waals surface area contributed by atoms with E-state index in [1.807, 2.05) is 64.7 Å². The predicted octanol–water partition coefficient (Wildman–Crippen LogP) is 5.27. The molecule has 2 fully saturated rings. The van der Waals surface area contributed by atoms with Crippen LogP contribution in [0.2, 0.25) is 5.15 Å². The SMILES string of the molecule is CC(C)(C)OC(=O)N[C@H]1CCCN(c2cc(Cl)ncc2-c2cnn([C@H]3CCN(C(=O)OC(C)(C)C)C3)c2)C1. The molecule has 0 radical (unpaired) electrons. The van der Waals surface area contributed by atoms with Gasteiger partial charge < -0.3 is 24.6 Å². The third-order valence-electron chi connectivity index (χ3n) is 6.43. The molecule has 2 aromatic heterocycles. The molecule has 1 N–H and O–H groups in total. The van der Waals surface area contributed by atoms with Crippen LogP contribution in [0.4, 0.5) is 15.3 Å². The lowest BCUT2D eigenvalue weighted by atomic mass is 10.0. The maximum atomic E-state index is 12.5. The van der Waals surface area contributed by atoms with Gasteiger partial charge in [0.05, 0.1) is 12.2 Å². The van der Waals surface area contributed by atoms with E-state index in [4.69, 9.17) is 21.1 Å². The van der Waals surface area contributed by atoms with E-state index in [-0.39, 0.29) is 18.2 Å². The minimum atomic E-state index is -0.548. The van der Waals surface area contributed by atoms with Crippen LogP contribution in [-0.2, 0) is 9.47 Å². The van der Waals surface area contributed by atoms with Gasteiger partial charge in [-0.1, -0.05) is 11.6 Å². The molecule has 11 heteroatoms. The number of aromatic nitrogens is 3. The van der Waals surface area contributed by atoms with Crippen LogP contribution in [0.15, 0.2) is 24.7 Å². The molecule has 10 nitrogen and oxygen atoms in total. The van der Waals surface area contributed by atoms with Gasteiger partial charge in [0.2, 0.25) is 0 Å². The van der Waals surface area contributed by atoms with Crippen LogP contribution >= 0.6 is 11.6 Å². The van der Waals surface area contributed by atoms with Crippen LogP contribution < -0.4 is 10.2 Å². The summed E-state index contributed by atoms with van der Waals surface area (Å²) < 4.78 is 12.9. The maximum Gasteiger partial charge on any atom is 0.410 e. The molecule has 2 saturated heterocycles. The summed E-state index contributed by atoms with van der Waals surface area (Å²) in [6.45, 7) is 13.8. The highest BCUT2D eigenvalue weighted by Gasteiger charge is 2.32. The van der Waals surface area contributed by atoms with Crippen molar-refractivity contribution < 1.29 is 19.1 Å². The van der Waals surface area contributed by atoms with Crippen LogP contribution in [0.5, 0.6) is 0 Å². The Hall–Kier alpha value is -3.01. The minimum absolute atomic E-state index is 0.0431. The van der Waals surface area contributed by atoms with Gasteiger partial charge in [0.15, 0.2) is 0 Å². The lowest BCUT2D eigenvalue weighted by Gasteiger charge is -2.36. The molecule has 2 aromatic rings. The maximum absolute atomic E-state index is 12.5. The van der Waals surface area contributed by atoms with E-state index < -0.39 is 17.3 Å². The lowest BCUT2D eigenvalue weighted by molar-refractivity contribution is 0.0288. The van der Waals surface area contributed by atoms with E-state index in [0.717, 1.165) is 42.6 Å². The Morgan fingerprint density at radius 3 is 2.47 bits per heavy atom. The first kappa shape index (κ1) is 28.0. The molecule has 2 aliphatic heterocycles. The second-order valence-electron chi connectivity index (χ2n) is 12.0. The van der Waals surface area contributed by atoms with Gasteiger partial charge in [0.25, 0.3) is 0 Å². The number of hydrogen-bond donors (Lipinski definition) is 1. The first-order valence-electron chi connectivity index (χ1n) is 13.2. The molecule has 4 rings (SSSR count). The number of nitrogens with zero attached hydrogens (tertiary/aromatic N) is 5. The molecule has 2 aliphatic rings. The molecule has 0 aliphatic carbocycles. The summed E-state index contributed by atoms with van der Waals surface area (Å²) in [4.78, 5) is 33.1.